The van der Waals surface area contributed by atoms with E-state index >= 15 is 0 Å². The number of hydrogen-bond acceptors (Lipinski definition) is 4. The molecule has 2 aliphatic rings. The van der Waals surface area contributed by atoms with E-state index in [0.29, 0.717) is 0 Å². The lowest BCUT2D eigenvalue weighted by Gasteiger charge is -2.19. The Morgan fingerprint density at radius 1 is 1.20 bits per heavy atom. The van der Waals surface area contributed by atoms with Gasteiger partial charge < -0.3 is 10.2 Å². The Labute approximate surface area is 89.7 Å². The van der Waals surface area contributed by atoms with Crippen molar-refractivity contribution in [3.63, 3.8) is 0 Å². The molecule has 1 aromatic heterocycles. The Morgan fingerprint density at radius 2 is 1.87 bits per heavy atom. The van der Waals surface area contributed by atoms with E-state index in [2.05, 4.69) is 20.2 Å². The first kappa shape index (κ1) is 9.09. The molecule has 0 amide bonds. The minimum Gasteiger partial charge on any atom is -0.354 e. The molecule has 0 saturated carbocycles. The summed E-state index contributed by atoms with van der Waals surface area (Å²) in [7, 11) is 0. The molecule has 0 aliphatic carbocycles. The maximum Gasteiger partial charge on any atom is 0.150 e. The Kier molecular flexibility index (Phi) is 2.09. The Morgan fingerprint density at radius 3 is 2.53 bits per heavy atom. The van der Waals surface area contributed by atoms with Crippen LogP contribution in [0.3, 0.4) is 0 Å². The first-order valence-electron chi connectivity index (χ1n) is 5.58. The number of aryl methyl sites for hydroxylation is 1. The second-order valence-corrected chi connectivity index (χ2v) is 4.55. The predicted octanol–water partition coefficient (Wildman–Crippen LogP) is 0.441. The van der Waals surface area contributed by atoms with Gasteiger partial charge in [-0.05, 0) is 18.8 Å². The van der Waals surface area contributed by atoms with Crippen LogP contribution in [0.1, 0.15) is 5.69 Å². The van der Waals surface area contributed by atoms with Crippen LogP contribution >= 0.6 is 0 Å². The van der Waals surface area contributed by atoms with Gasteiger partial charge in [-0.15, -0.1) is 0 Å². The molecule has 0 radical (unpaired) electrons. The zero-order valence-corrected chi connectivity index (χ0v) is 8.98. The van der Waals surface area contributed by atoms with Crippen LogP contribution < -0.4 is 10.2 Å². The molecular weight excluding hydrogens is 188 g/mol. The highest BCUT2D eigenvalue weighted by atomic mass is 15.2. The van der Waals surface area contributed by atoms with Crippen molar-refractivity contribution in [2.24, 2.45) is 11.8 Å². The molecule has 2 saturated heterocycles. The summed E-state index contributed by atoms with van der Waals surface area (Å²) in [6, 6.07) is 0. The highest BCUT2D eigenvalue weighted by molar-refractivity contribution is 5.44. The van der Waals surface area contributed by atoms with Gasteiger partial charge in [0.2, 0.25) is 0 Å². The minimum atomic E-state index is 0.811. The van der Waals surface area contributed by atoms with E-state index in [1.807, 2.05) is 6.92 Å². The largest absolute Gasteiger partial charge is 0.354 e. The van der Waals surface area contributed by atoms with Gasteiger partial charge in [-0.2, -0.15) is 0 Å². The summed E-state index contributed by atoms with van der Waals surface area (Å²) in [6.45, 7) is 6.64. The van der Waals surface area contributed by atoms with E-state index in [0.717, 1.165) is 36.4 Å². The van der Waals surface area contributed by atoms with Crippen LogP contribution in [0.4, 0.5) is 5.82 Å². The van der Waals surface area contributed by atoms with E-state index in [9.17, 15) is 0 Å². The Balaban J connectivity index is 1.82. The Hall–Kier alpha value is -1.16. The van der Waals surface area contributed by atoms with E-state index in [1.54, 1.807) is 12.4 Å². The average molecular weight is 204 g/mol. The van der Waals surface area contributed by atoms with Gasteiger partial charge in [0.25, 0.3) is 0 Å². The van der Waals surface area contributed by atoms with Crippen molar-refractivity contribution >= 4 is 5.82 Å². The van der Waals surface area contributed by atoms with Crippen LogP contribution in [0, 0.1) is 18.8 Å². The van der Waals surface area contributed by atoms with Crippen molar-refractivity contribution in [1.29, 1.82) is 0 Å². The van der Waals surface area contributed by atoms with E-state index in [4.69, 9.17) is 0 Å². The third-order valence-corrected chi connectivity index (χ3v) is 3.54. The van der Waals surface area contributed by atoms with Gasteiger partial charge in [0, 0.05) is 38.6 Å². The van der Waals surface area contributed by atoms with Crippen molar-refractivity contribution in [2.45, 2.75) is 6.92 Å². The summed E-state index contributed by atoms with van der Waals surface area (Å²) < 4.78 is 0. The summed E-state index contributed by atoms with van der Waals surface area (Å²) in [6.07, 6.45) is 3.55. The zero-order valence-electron chi connectivity index (χ0n) is 8.98. The smallest absolute Gasteiger partial charge is 0.150 e. The van der Waals surface area contributed by atoms with Crippen molar-refractivity contribution < 1.29 is 0 Å². The van der Waals surface area contributed by atoms with Gasteiger partial charge in [-0.25, -0.2) is 4.98 Å². The standard InChI is InChI=1S/C11H16N4/c1-8-11(14-3-2-13-8)15-6-9-4-12-5-10(9)7-15/h2-3,9-10,12H,4-7H2,1H3/t9-,10+. The minimum absolute atomic E-state index is 0.811. The lowest BCUT2D eigenvalue weighted by atomic mass is 10.0. The second kappa shape index (κ2) is 3.45. The third-order valence-electron chi connectivity index (χ3n) is 3.54. The fourth-order valence-corrected chi connectivity index (χ4v) is 2.74. The predicted molar refractivity (Wildman–Crippen MR) is 58.8 cm³/mol. The lowest BCUT2D eigenvalue weighted by molar-refractivity contribution is 0.533. The van der Waals surface area contributed by atoms with Gasteiger partial charge in [-0.3, -0.25) is 4.98 Å². The fourth-order valence-electron chi connectivity index (χ4n) is 2.74. The molecule has 2 aliphatic heterocycles. The van der Waals surface area contributed by atoms with E-state index in [-0.39, 0.29) is 0 Å². The number of nitrogens with zero attached hydrogens (tertiary/aromatic N) is 3. The second-order valence-electron chi connectivity index (χ2n) is 4.55. The molecule has 0 unspecified atom stereocenters. The molecule has 15 heavy (non-hydrogen) atoms. The normalized spacial score (nSPS) is 29.5. The van der Waals surface area contributed by atoms with Crippen molar-refractivity contribution in [3.05, 3.63) is 18.1 Å². The maximum atomic E-state index is 4.43. The maximum absolute atomic E-state index is 4.43. The van der Waals surface area contributed by atoms with Gasteiger partial charge >= 0.3 is 0 Å². The molecule has 0 bridgehead atoms. The SMILES string of the molecule is Cc1nccnc1N1C[C@H]2CNC[C@H]2C1. The quantitative estimate of drug-likeness (QED) is 0.720. The molecule has 2 fully saturated rings. The van der Waals surface area contributed by atoms with E-state index < -0.39 is 0 Å². The van der Waals surface area contributed by atoms with Gasteiger partial charge in [0.1, 0.15) is 5.82 Å². The molecule has 3 heterocycles. The number of aromatic nitrogens is 2. The molecular formula is C11H16N4. The first-order valence-corrected chi connectivity index (χ1v) is 5.58. The van der Waals surface area contributed by atoms with Gasteiger partial charge in [-0.1, -0.05) is 0 Å². The number of anilines is 1. The molecule has 0 spiro atoms. The summed E-state index contributed by atoms with van der Waals surface area (Å²) in [5.41, 5.74) is 1.05. The molecule has 1 aromatic rings. The van der Waals surface area contributed by atoms with Crippen LogP contribution in [0.25, 0.3) is 0 Å². The number of fused-ring (bicyclic) bond motifs is 1. The number of nitrogens with one attached hydrogen (secondary N) is 1. The molecule has 0 aromatic carbocycles. The summed E-state index contributed by atoms with van der Waals surface area (Å²) in [4.78, 5) is 11.1. The summed E-state index contributed by atoms with van der Waals surface area (Å²) >= 11 is 0. The van der Waals surface area contributed by atoms with Crippen molar-refractivity contribution in [3.8, 4) is 0 Å². The van der Waals surface area contributed by atoms with E-state index in [1.165, 1.54) is 13.1 Å². The van der Waals surface area contributed by atoms with Crippen LogP contribution in [0.5, 0.6) is 0 Å². The van der Waals surface area contributed by atoms with Crippen LogP contribution in [0.15, 0.2) is 12.4 Å². The third kappa shape index (κ3) is 1.49. The summed E-state index contributed by atoms with van der Waals surface area (Å²) in [5, 5.41) is 3.45. The molecule has 4 nitrogen and oxygen atoms in total. The Bertz CT molecular complexity index is 353. The monoisotopic (exact) mass is 204 g/mol. The van der Waals surface area contributed by atoms with Crippen molar-refractivity contribution in [2.75, 3.05) is 31.1 Å². The lowest BCUT2D eigenvalue weighted by Crippen LogP contribution is -2.27. The van der Waals surface area contributed by atoms with Gasteiger partial charge in [0.05, 0.1) is 5.69 Å². The highest BCUT2D eigenvalue weighted by Crippen LogP contribution is 2.30. The zero-order chi connectivity index (χ0) is 10.3. The summed E-state index contributed by atoms with van der Waals surface area (Å²) in [5.74, 6) is 2.70. The van der Waals surface area contributed by atoms with Crippen LogP contribution in [-0.2, 0) is 0 Å². The average Bonchev–Trinajstić information content (AvgIpc) is 2.77. The molecule has 1 N–H and O–H groups in total. The first-order chi connectivity index (χ1) is 7.34. The molecule has 80 valence electrons. The van der Waals surface area contributed by atoms with Gasteiger partial charge in [0.15, 0.2) is 0 Å². The van der Waals surface area contributed by atoms with Crippen LogP contribution in [0.2, 0.25) is 0 Å². The highest BCUT2D eigenvalue weighted by Gasteiger charge is 2.36. The van der Waals surface area contributed by atoms with Crippen molar-refractivity contribution in [1.82, 2.24) is 15.3 Å². The number of rotatable bonds is 1. The molecule has 3 rings (SSSR count). The fraction of sp³-hybridized carbons (Fsp3) is 0.636. The molecule has 4 heteroatoms. The number of hydrogen-bond donors (Lipinski definition) is 1. The topological polar surface area (TPSA) is 41.1 Å². The van der Waals surface area contributed by atoms with Crippen LogP contribution in [-0.4, -0.2) is 36.1 Å². The molecule has 2 atom stereocenters.